The molecule has 3 amide bonds. The lowest BCUT2D eigenvalue weighted by Crippen LogP contribution is -2.34. The van der Waals surface area contributed by atoms with Gasteiger partial charge in [-0.25, -0.2) is 0 Å². The lowest BCUT2D eigenvalue weighted by Gasteiger charge is -2.13. The van der Waals surface area contributed by atoms with Crippen LogP contribution in [0.3, 0.4) is 0 Å². The molecule has 0 saturated carbocycles. The number of hydrogen-bond acceptors (Lipinski definition) is 4. The number of likely N-dealkylation sites (tertiary alicyclic amines) is 1. The molecule has 0 atom stereocenters. The van der Waals surface area contributed by atoms with Crippen LogP contribution in [0.2, 0.25) is 0 Å². The Hall–Kier alpha value is -2.50. The second-order valence-corrected chi connectivity index (χ2v) is 6.02. The van der Waals surface area contributed by atoms with Gasteiger partial charge < -0.3 is 5.32 Å². The molecular weight excluding hydrogens is 296 g/mol. The van der Waals surface area contributed by atoms with Crippen LogP contribution in [-0.4, -0.2) is 34.9 Å². The van der Waals surface area contributed by atoms with Gasteiger partial charge in [-0.3, -0.25) is 24.1 Å². The number of ketones is 1. The summed E-state index contributed by atoms with van der Waals surface area (Å²) in [6.07, 6.45) is 0.778. The van der Waals surface area contributed by atoms with E-state index >= 15 is 0 Å². The average molecular weight is 316 g/mol. The highest BCUT2D eigenvalue weighted by molar-refractivity contribution is 6.08. The Kier molecular flexibility index (Phi) is 5.26. The lowest BCUT2D eigenvalue weighted by atomic mass is 10.1. The minimum Gasteiger partial charge on any atom is -0.326 e. The van der Waals surface area contributed by atoms with Gasteiger partial charge in [0, 0.05) is 30.5 Å². The predicted molar refractivity (Wildman–Crippen MR) is 84.8 cm³/mol. The first-order valence-electron chi connectivity index (χ1n) is 7.63. The van der Waals surface area contributed by atoms with Crippen molar-refractivity contribution < 1.29 is 19.2 Å². The number of anilines is 1. The van der Waals surface area contributed by atoms with Gasteiger partial charge in [0.2, 0.25) is 17.7 Å². The largest absolute Gasteiger partial charge is 0.326 e. The number of rotatable bonds is 6. The molecule has 23 heavy (non-hydrogen) atoms. The maximum absolute atomic E-state index is 12.1. The Morgan fingerprint density at radius 1 is 1.09 bits per heavy atom. The number of amides is 3. The second kappa shape index (κ2) is 7.17. The molecule has 0 aromatic heterocycles. The summed E-state index contributed by atoms with van der Waals surface area (Å²) in [5, 5.41) is 2.76. The molecule has 6 nitrogen and oxygen atoms in total. The molecule has 0 spiro atoms. The van der Waals surface area contributed by atoms with E-state index in [9.17, 15) is 19.2 Å². The van der Waals surface area contributed by atoms with Gasteiger partial charge in [-0.1, -0.05) is 13.8 Å². The Morgan fingerprint density at radius 2 is 1.65 bits per heavy atom. The van der Waals surface area contributed by atoms with Crippen molar-refractivity contribution in [2.75, 3.05) is 11.9 Å². The van der Waals surface area contributed by atoms with Crippen molar-refractivity contribution in [3.8, 4) is 0 Å². The molecule has 0 radical (unpaired) electrons. The van der Waals surface area contributed by atoms with Gasteiger partial charge in [0.15, 0.2) is 5.78 Å². The van der Waals surface area contributed by atoms with E-state index in [0.29, 0.717) is 17.7 Å². The summed E-state index contributed by atoms with van der Waals surface area (Å²) in [5.74, 6) is -0.714. The molecule has 1 fully saturated rings. The molecule has 6 heteroatoms. The molecule has 122 valence electrons. The number of nitrogens with zero attached hydrogens (tertiary/aromatic N) is 1. The minimum atomic E-state index is -0.305. The fourth-order valence-electron chi connectivity index (χ4n) is 2.36. The van der Waals surface area contributed by atoms with Crippen LogP contribution in [0, 0.1) is 5.92 Å². The van der Waals surface area contributed by atoms with Crippen molar-refractivity contribution in [1.29, 1.82) is 0 Å². The van der Waals surface area contributed by atoms with Crippen LogP contribution in [-0.2, 0) is 14.4 Å². The highest BCUT2D eigenvalue weighted by Gasteiger charge is 2.30. The Bertz CT molecular complexity index is 618. The van der Waals surface area contributed by atoms with E-state index in [1.54, 1.807) is 24.3 Å². The topological polar surface area (TPSA) is 83.6 Å². The third-order valence-electron chi connectivity index (χ3n) is 3.54. The van der Waals surface area contributed by atoms with Gasteiger partial charge in [-0.05, 0) is 30.2 Å². The SMILES string of the molecule is CC(C)CC(=O)Nc1ccc(C(=O)CN2C(=O)CCC2=O)cc1. The predicted octanol–water partition coefficient (Wildman–Crippen LogP) is 2.00. The Morgan fingerprint density at radius 3 is 2.17 bits per heavy atom. The highest BCUT2D eigenvalue weighted by atomic mass is 16.2. The zero-order valence-corrected chi connectivity index (χ0v) is 13.3. The standard InChI is InChI=1S/C17H20N2O4/c1-11(2)9-15(21)18-13-5-3-12(4-6-13)14(20)10-19-16(22)7-8-17(19)23/h3-6,11H,7-10H2,1-2H3,(H,18,21). The van der Waals surface area contributed by atoms with Crippen LogP contribution < -0.4 is 5.32 Å². The lowest BCUT2D eigenvalue weighted by molar-refractivity contribution is -0.137. The summed E-state index contributed by atoms with van der Waals surface area (Å²) >= 11 is 0. The van der Waals surface area contributed by atoms with Crippen LogP contribution in [0.4, 0.5) is 5.69 Å². The maximum Gasteiger partial charge on any atom is 0.230 e. The number of hydrogen-bond donors (Lipinski definition) is 1. The van der Waals surface area contributed by atoms with Gasteiger partial charge in [0.25, 0.3) is 0 Å². The number of benzene rings is 1. The highest BCUT2D eigenvalue weighted by Crippen LogP contribution is 2.15. The van der Waals surface area contributed by atoms with Crippen LogP contribution in [0.15, 0.2) is 24.3 Å². The smallest absolute Gasteiger partial charge is 0.230 e. The van der Waals surface area contributed by atoms with Gasteiger partial charge in [0.05, 0.1) is 6.54 Å². The number of carbonyl (C=O) groups is 4. The molecule has 2 rings (SSSR count). The third kappa shape index (κ3) is 4.48. The molecule has 0 aliphatic carbocycles. The quantitative estimate of drug-likeness (QED) is 0.643. The first-order chi connectivity index (χ1) is 10.9. The number of Topliss-reactive ketones (excluding diaryl/α,β-unsaturated/α-hetero) is 1. The zero-order valence-electron chi connectivity index (χ0n) is 13.3. The van der Waals surface area contributed by atoms with E-state index in [-0.39, 0.29) is 48.8 Å². The molecule has 0 bridgehead atoms. The molecular formula is C17H20N2O4. The van der Waals surface area contributed by atoms with Crippen LogP contribution in [0.5, 0.6) is 0 Å². The van der Waals surface area contributed by atoms with E-state index < -0.39 is 0 Å². The number of nitrogens with one attached hydrogen (secondary N) is 1. The normalized spacial score (nSPS) is 14.5. The second-order valence-electron chi connectivity index (χ2n) is 6.02. The van der Waals surface area contributed by atoms with E-state index in [0.717, 1.165) is 4.90 Å². The number of imide groups is 1. The molecule has 1 saturated heterocycles. The van der Waals surface area contributed by atoms with E-state index in [4.69, 9.17) is 0 Å². The summed E-state index contributed by atoms with van der Waals surface area (Å²) in [6.45, 7) is 3.70. The third-order valence-corrected chi connectivity index (χ3v) is 3.54. The first kappa shape index (κ1) is 16.9. The Balaban J connectivity index is 1.96. The molecule has 0 unspecified atom stereocenters. The summed E-state index contributed by atoms with van der Waals surface area (Å²) in [5.41, 5.74) is 1.01. The molecule has 1 aliphatic rings. The number of carbonyl (C=O) groups excluding carboxylic acids is 4. The summed E-state index contributed by atoms with van der Waals surface area (Å²) in [4.78, 5) is 47.9. The van der Waals surface area contributed by atoms with E-state index in [2.05, 4.69) is 5.32 Å². The van der Waals surface area contributed by atoms with Crippen molar-refractivity contribution in [2.45, 2.75) is 33.1 Å². The van der Waals surface area contributed by atoms with E-state index in [1.807, 2.05) is 13.8 Å². The van der Waals surface area contributed by atoms with Gasteiger partial charge in [0.1, 0.15) is 0 Å². The van der Waals surface area contributed by atoms with Crippen molar-refractivity contribution in [1.82, 2.24) is 4.90 Å². The van der Waals surface area contributed by atoms with Crippen molar-refractivity contribution in [3.63, 3.8) is 0 Å². The van der Waals surface area contributed by atoms with Crippen molar-refractivity contribution >= 4 is 29.2 Å². The van der Waals surface area contributed by atoms with Crippen molar-refractivity contribution in [3.05, 3.63) is 29.8 Å². The van der Waals surface area contributed by atoms with Crippen LogP contribution >= 0.6 is 0 Å². The van der Waals surface area contributed by atoms with Gasteiger partial charge in [-0.15, -0.1) is 0 Å². The summed E-state index contributed by atoms with van der Waals surface area (Å²) in [6, 6.07) is 6.44. The molecule has 1 heterocycles. The fourth-order valence-corrected chi connectivity index (χ4v) is 2.36. The fraction of sp³-hybridized carbons (Fsp3) is 0.412. The van der Waals surface area contributed by atoms with Crippen LogP contribution in [0.1, 0.15) is 43.5 Å². The molecule has 1 aromatic carbocycles. The summed E-state index contributed by atoms with van der Waals surface area (Å²) < 4.78 is 0. The van der Waals surface area contributed by atoms with Crippen molar-refractivity contribution in [2.24, 2.45) is 5.92 Å². The minimum absolute atomic E-state index is 0.0765. The average Bonchev–Trinajstić information content (AvgIpc) is 2.79. The molecule has 1 aromatic rings. The Labute approximate surface area is 134 Å². The monoisotopic (exact) mass is 316 g/mol. The van der Waals surface area contributed by atoms with Gasteiger partial charge >= 0.3 is 0 Å². The first-order valence-corrected chi connectivity index (χ1v) is 7.63. The van der Waals surface area contributed by atoms with E-state index in [1.165, 1.54) is 0 Å². The zero-order chi connectivity index (χ0) is 17.0. The summed E-state index contributed by atoms with van der Waals surface area (Å²) in [7, 11) is 0. The molecule has 1 aliphatic heterocycles. The maximum atomic E-state index is 12.1. The molecule has 1 N–H and O–H groups in total. The van der Waals surface area contributed by atoms with Crippen LogP contribution in [0.25, 0.3) is 0 Å². The van der Waals surface area contributed by atoms with Gasteiger partial charge in [-0.2, -0.15) is 0 Å².